The number of carbonyl (C=O) groups is 2. The average Bonchev–Trinajstić information content (AvgIpc) is 3.35. The Hall–Kier alpha value is -4.53. The lowest BCUT2D eigenvalue weighted by molar-refractivity contribution is -0.119. The molecule has 2 N–H and O–H groups in total. The molecule has 1 aromatic heterocycles. The van der Waals surface area contributed by atoms with E-state index >= 15 is 0 Å². The van der Waals surface area contributed by atoms with Crippen LogP contribution in [0.3, 0.4) is 0 Å². The first-order valence-electron chi connectivity index (χ1n) is 10.7. The molecular weight excluding hydrogens is 432 g/mol. The first-order chi connectivity index (χ1) is 16.4. The van der Waals surface area contributed by atoms with Crippen LogP contribution in [0.1, 0.15) is 28.9 Å². The number of rotatable bonds is 7. The predicted octanol–water partition coefficient (Wildman–Crippen LogP) is 4.11. The largest absolute Gasteiger partial charge is 0.495 e. The Bertz CT molecular complexity index is 1300. The molecule has 0 spiro atoms. The maximum absolute atomic E-state index is 12.7. The number of hydrogen-bond donors (Lipinski definition) is 2. The number of aryl methyl sites for hydroxylation is 1. The molecule has 172 valence electrons. The molecule has 9 heteroatoms. The van der Waals surface area contributed by atoms with Gasteiger partial charge in [-0.3, -0.25) is 9.59 Å². The molecule has 4 rings (SSSR count). The summed E-state index contributed by atoms with van der Waals surface area (Å²) in [6.45, 7) is 3.69. The van der Waals surface area contributed by atoms with Gasteiger partial charge in [0.15, 0.2) is 0 Å². The molecule has 0 aliphatic carbocycles. The third kappa shape index (κ3) is 5.09. The van der Waals surface area contributed by atoms with Gasteiger partial charge >= 0.3 is 0 Å². The lowest BCUT2D eigenvalue weighted by Gasteiger charge is -2.12. The lowest BCUT2D eigenvalue weighted by atomic mass is 10.1. The molecule has 1 atom stereocenters. The number of para-hydroxylation sites is 2. The van der Waals surface area contributed by atoms with E-state index in [2.05, 4.69) is 26.0 Å². The van der Waals surface area contributed by atoms with Gasteiger partial charge in [-0.2, -0.15) is 4.80 Å². The summed E-state index contributed by atoms with van der Waals surface area (Å²) in [6.07, 6.45) is 0. The number of amides is 2. The van der Waals surface area contributed by atoms with Gasteiger partial charge in [-0.25, -0.2) is 0 Å². The summed E-state index contributed by atoms with van der Waals surface area (Å²) in [6, 6.07) is 20.8. The minimum Gasteiger partial charge on any atom is -0.495 e. The topological polar surface area (TPSA) is 111 Å². The fourth-order valence-corrected chi connectivity index (χ4v) is 3.21. The molecule has 9 nitrogen and oxygen atoms in total. The summed E-state index contributed by atoms with van der Waals surface area (Å²) >= 11 is 0. The predicted molar refractivity (Wildman–Crippen MR) is 129 cm³/mol. The van der Waals surface area contributed by atoms with Crippen molar-refractivity contribution in [2.75, 3.05) is 17.7 Å². The summed E-state index contributed by atoms with van der Waals surface area (Å²) in [5.41, 5.74) is 3.52. The van der Waals surface area contributed by atoms with Gasteiger partial charge in [0, 0.05) is 16.8 Å². The van der Waals surface area contributed by atoms with Crippen molar-refractivity contribution >= 4 is 23.2 Å². The molecule has 4 aromatic rings. The van der Waals surface area contributed by atoms with Crippen molar-refractivity contribution in [2.24, 2.45) is 0 Å². The van der Waals surface area contributed by atoms with Crippen LogP contribution in [0.5, 0.6) is 5.75 Å². The SMILES string of the molecule is COc1ccccc1NC(=O)c1ccc(NC(=O)C(C)n2nnc(-c3ccc(C)cc3)n2)cc1. The van der Waals surface area contributed by atoms with Gasteiger partial charge in [0.25, 0.3) is 11.8 Å². The van der Waals surface area contributed by atoms with Crippen LogP contribution in [0.25, 0.3) is 11.4 Å². The average molecular weight is 457 g/mol. The number of aromatic nitrogens is 4. The van der Waals surface area contributed by atoms with Gasteiger partial charge in [-0.15, -0.1) is 10.2 Å². The number of benzene rings is 3. The monoisotopic (exact) mass is 456 g/mol. The quantitative estimate of drug-likeness (QED) is 0.433. The van der Waals surface area contributed by atoms with Crippen LogP contribution in [-0.2, 0) is 4.79 Å². The minimum atomic E-state index is -0.680. The van der Waals surface area contributed by atoms with E-state index in [1.54, 1.807) is 50.4 Å². The van der Waals surface area contributed by atoms with Gasteiger partial charge in [0.05, 0.1) is 12.8 Å². The standard InChI is InChI=1S/C25H24N6O3/c1-16-8-10-18(11-9-16)23-28-30-31(29-23)17(2)24(32)26-20-14-12-19(13-15-20)25(33)27-21-6-4-5-7-22(21)34-3/h4-15,17H,1-3H3,(H,26,32)(H,27,33). The maximum atomic E-state index is 12.7. The Morgan fingerprint density at radius 1 is 0.941 bits per heavy atom. The van der Waals surface area contributed by atoms with E-state index in [-0.39, 0.29) is 11.8 Å². The van der Waals surface area contributed by atoms with E-state index in [1.165, 1.54) is 4.80 Å². The van der Waals surface area contributed by atoms with Crippen molar-refractivity contribution in [3.05, 3.63) is 83.9 Å². The lowest BCUT2D eigenvalue weighted by Crippen LogP contribution is -2.25. The Labute approximate surface area is 196 Å². The molecule has 0 saturated heterocycles. The number of ether oxygens (including phenoxy) is 1. The molecule has 1 unspecified atom stereocenters. The third-order valence-electron chi connectivity index (χ3n) is 5.23. The summed E-state index contributed by atoms with van der Waals surface area (Å²) in [7, 11) is 1.54. The van der Waals surface area contributed by atoms with E-state index in [1.807, 2.05) is 43.3 Å². The van der Waals surface area contributed by atoms with Crippen LogP contribution < -0.4 is 15.4 Å². The smallest absolute Gasteiger partial charge is 0.255 e. The summed E-state index contributed by atoms with van der Waals surface area (Å²) < 4.78 is 5.26. The highest BCUT2D eigenvalue weighted by atomic mass is 16.5. The zero-order chi connectivity index (χ0) is 24.1. The first kappa shape index (κ1) is 22.7. The number of hydrogen-bond acceptors (Lipinski definition) is 6. The molecule has 0 radical (unpaired) electrons. The summed E-state index contributed by atoms with van der Waals surface area (Å²) in [5, 5.41) is 18.0. The van der Waals surface area contributed by atoms with Crippen molar-refractivity contribution in [3.8, 4) is 17.1 Å². The summed E-state index contributed by atoms with van der Waals surface area (Å²) in [4.78, 5) is 26.5. The van der Waals surface area contributed by atoms with Gasteiger partial charge < -0.3 is 15.4 Å². The molecular formula is C25H24N6O3. The van der Waals surface area contributed by atoms with E-state index in [9.17, 15) is 9.59 Å². The van der Waals surface area contributed by atoms with Crippen molar-refractivity contribution in [1.82, 2.24) is 20.2 Å². The molecule has 0 bridgehead atoms. The van der Waals surface area contributed by atoms with Gasteiger partial charge in [-0.05, 0) is 55.5 Å². The van der Waals surface area contributed by atoms with Crippen molar-refractivity contribution in [2.45, 2.75) is 19.9 Å². The highest BCUT2D eigenvalue weighted by Crippen LogP contribution is 2.24. The Kier molecular flexibility index (Phi) is 6.63. The van der Waals surface area contributed by atoms with Crippen molar-refractivity contribution in [1.29, 1.82) is 0 Å². The normalized spacial score (nSPS) is 11.5. The maximum Gasteiger partial charge on any atom is 0.255 e. The number of carbonyl (C=O) groups excluding carboxylic acids is 2. The van der Waals surface area contributed by atoms with Gasteiger partial charge in [0.2, 0.25) is 5.82 Å². The Morgan fingerprint density at radius 3 is 2.35 bits per heavy atom. The third-order valence-corrected chi connectivity index (χ3v) is 5.23. The number of methoxy groups -OCH3 is 1. The van der Waals surface area contributed by atoms with E-state index in [0.717, 1.165) is 11.1 Å². The highest BCUT2D eigenvalue weighted by Gasteiger charge is 2.19. The number of nitrogens with one attached hydrogen (secondary N) is 2. The van der Waals surface area contributed by atoms with Gasteiger partial charge in [0.1, 0.15) is 11.8 Å². The second-order valence-corrected chi connectivity index (χ2v) is 7.70. The van der Waals surface area contributed by atoms with E-state index < -0.39 is 6.04 Å². The molecule has 3 aromatic carbocycles. The number of nitrogens with zero attached hydrogens (tertiary/aromatic N) is 4. The summed E-state index contributed by atoms with van der Waals surface area (Å²) in [5.74, 6) is 0.427. The van der Waals surface area contributed by atoms with Crippen LogP contribution in [0, 0.1) is 6.92 Å². The zero-order valence-corrected chi connectivity index (χ0v) is 19.0. The molecule has 34 heavy (non-hydrogen) atoms. The molecule has 2 amide bonds. The van der Waals surface area contributed by atoms with Crippen LogP contribution in [0.15, 0.2) is 72.8 Å². The zero-order valence-electron chi connectivity index (χ0n) is 19.0. The Morgan fingerprint density at radius 2 is 1.65 bits per heavy atom. The molecule has 0 fully saturated rings. The van der Waals surface area contributed by atoms with E-state index in [0.29, 0.717) is 28.5 Å². The van der Waals surface area contributed by atoms with Crippen LogP contribution in [0.4, 0.5) is 11.4 Å². The van der Waals surface area contributed by atoms with Crippen molar-refractivity contribution in [3.63, 3.8) is 0 Å². The van der Waals surface area contributed by atoms with E-state index in [4.69, 9.17) is 4.74 Å². The van der Waals surface area contributed by atoms with Crippen LogP contribution in [-0.4, -0.2) is 39.1 Å². The molecule has 0 aliphatic heterocycles. The Balaban J connectivity index is 1.39. The number of tetrazole rings is 1. The first-order valence-corrected chi connectivity index (χ1v) is 10.7. The minimum absolute atomic E-state index is 0.286. The highest BCUT2D eigenvalue weighted by molar-refractivity contribution is 6.05. The molecule has 0 saturated carbocycles. The molecule has 0 aliphatic rings. The number of anilines is 2. The fourth-order valence-electron chi connectivity index (χ4n) is 3.21. The van der Waals surface area contributed by atoms with Gasteiger partial charge in [-0.1, -0.05) is 42.0 Å². The second-order valence-electron chi connectivity index (χ2n) is 7.70. The fraction of sp³-hybridized carbons (Fsp3) is 0.160. The van der Waals surface area contributed by atoms with Crippen LogP contribution >= 0.6 is 0 Å². The second kappa shape index (κ2) is 9.95. The van der Waals surface area contributed by atoms with Crippen LogP contribution in [0.2, 0.25) is 0 Å². The molecule has 1 heterocycles. The van der Waals surface area contributed by atoms with Crippen molar-refractivity contribution < 1.29 is 14.3 Å².